The van der Waals surface area contributed by atoms with E-state index in [1.807, 2.05) is 0 Å². The van der Waals surface area contributed by atoms with Crippen LogP contribution in [0.2, 0.25) is 0 Å². The topological polar surface area (TPSA) is 461 Å². The number of benzene rings is 4. The maximum atomic E-state index is 13.4. The lowest BCUT2D eigenvalue weighted by Crippen LogP contribution is -2.28. The first kappa shape index (κ1) is 48.9. The first-order chi connectivity index (χ1) is 30.2. The number of nitrogens with zero attached hydrogens (tertiary/aromatic N) is 2. The van der Waals surface area contributed by atoms with Gasteiger partial charge in [0.05, 0.1) is 32.3 Å². The lowest BCUT2D eigenvalue weighted by Gasteiger charge is -2.18. The van der Waals surface area contributed by atoms with E-state index < -0.39 is 147 Å². The monoisotopic (exact) mass is 1030 g/mol. The normalized spacial score (nSPS) is 16.2. The zero-order valence-electron chi connectivity index (χ0n) is 32.0. The van der Waals surface area contributed by atoms with Crippen LogP contribution in [0.15, 0.2) is 100 Å². The van der Waals surface area contributed by atoms with Crippen molar-refractivity contribution in [2.75, 3.05) is 22.3 Å². The molecule has 0 unspecified atom stereocenters. The van der Waals surface area contributed by atoms with Gasteiger partial charge in [-0.2, -0.15) is 60.7 Å². The van der Waals surface area contributed by atoms with Gasteiger partial charge in [-0.05, 0) is 82.9 Å². The van der Waals surface area contributed by atoms with Gasteiger partial charge in [0.1, 0.15) is 19.6 Å². The third-order valence-corrected chi connectivity index (χ3v) is 14.3. The number of hydrogen-bond donors (Lipinski definition) is 10. The van der Waals surface area contributed by atoms with Gasteiger partial charge in [0, 0.05) is 11.4 Å². The number of Topliss-reactive ketones (excluding diaryl/α,β-unsaturated/α-hetero) is 2. The molecule has 6 rings (SSSR count). The molecule has 0 saturated carbocycles. The molecular formula is C34H26N6O20S6. The van der Waals surface area contributed by atoms with Crippen LogP contribution in [-0.2, 0) is 60.7 Å². The molecule has 348 valence electrons. The highest BCUT2D eigenvalue weighted by atomic mass is 32.2. The molecular weight excluding hydrogens is 1000 g/mol. The summed E-state index contributed by atoms with van der Waals surface area (Å²) in [6.07, 6.45) is 3.09. The Morgan fingerprint density at radius 1 is 0.455 bits per heavy atom. The Morgan fingerprint density at radius 3 is 1.08 bits per heavy atom. The van der Waals surface area contributed by atoms with Crippen molar-refractivity contribution < 1.29 is 87.4 Å². The fourth-order valence-corrected chi connectivity index (χ4v) is 10.0. The van der Waals surface area contributed by atoms with E-state index in [9.17, 15) is 87.4 Å². The molecule has 0 amide bonds. The summed E-state index contributed by atoms with van der Waals surface area (Å²) in [6, 6.07) is 8.26. The van der Waals surface area contributed by atoms with Gasteiger partial charge in [-0.1, -0.05) is 24.3 Å². The number of hydrazone groups is 2. The van der Waals surface area contributed by atoms with Crippen molar-refractivity contribution in [2.24, 2.45) is 10.2 Å². The zero-order valence-corrected chi connectivity index (χ0v) is 36.9. The predicted octanol–water partition coefficient (Wildman–Crippen LogP) is 1.79. The molecule has 0 atom stereocenters. The lowest BCUT2D eigenvalue weighted by molar-refractivity contribution is 0.105. The smallest absolute Gasteiger partial charge is 0.296 e. The van der Waals surface area contributed by atoms with Crippen molar-refractivity contribution in [3.8, 4) is 0 Å². The summed E-state index contributed by atoms with van der Waals surface area (Å²) in [4.78, 5) is 20.9. The van der Waals surface area contributed by atoms with Gasteiger partial charge >= 0.3 is 0 Å². The number of ketones is 2. The van der Waals surface area contributed by atoms with Gasteiger partial charge < -0.3 is 11.5 Å². The van der Waals surface area contributed by atoms with Crippen LogP contribution in [0.3, 0.4) is 0 Å². The molecule has 0 saturated heterocycles. The second-order valence-corrected chi connectivity index (χ2v) is 21.9. The molecule has 2 aliphatic rings. The number of fused-ring (bicyclic) bond motifs is 2. The van der Waals surface area contributed by atoms with Gasteiger partial charge in [0.25, 0.3) is 60.7 Å². The molecule has 26 nitrogen and oxygen atoms in total. The van der Waals surface area contributed by atoms with Gasteiger partial charge in [-0.25, -0.2) is 0 Å². The molecule has 2 aliphatic carbocycles. The molecule has 0 heterocycles. The van der Waals surface area contributed by atoms with Crippen LogP contribution in [0, 0.1) is 0 Å². The molecule has 0 aliphatic heterocycles. The van der Waals surface area contributed by atoms with Crippen LogP contribution in [0.25, 0.3) is 24.3 Å². The van der Waals surface area contributed by atoms with Gasteiger partial charge in [-0.15, -0.1) is 0 Å². The fraction of sp³-hybridized carbons (Fsp3) is 0. The van der Waals surface area contributed by atoms with Crippen molar-refractivity contribution in [1.29, 1.82) is 0 Å². The Balaban J connectivity index is 1.33. The number of hydrogen-bond acceptors (Lipinski definition) is 20. The summed E-state index contributed by atoms with van der Waals surface area (Å²) >= 11 is 0. The number of carbonyl (C=O) groups excluding carboxylic acids is 2. The van der Waals surface area contributed by atoms with Crippen LogP contribution < -0.4 is 22.3 Å². The van der Waals surface area contributed by atoms with Gasteiger partial charge in [-0.3, -0.25) is 47.8 Å². The highest BCUT2D eigenvalue weighted by Crippen LogP contribution is 2.34. The molecule has 4 aromatic rings. The number of rotatable bonds is 12. The number of nitrogens with one attached hydrogen (secondary N) is 2. The summed E-state index contributed by atoms with van der Waals surface area (Å²) in [7, 11) is -30.8. The van der Waals surface area contributed by atoms with Crippen LogP contribution >= 0.6 is 0 Å². The predicted molar refractivity (Wildman–Crippen MR) is 233 cm³/mol. The maximum absolute atomic E-state index is 13.4. The first-order valence-corrected chi connectivity index (χ1v) is 25.7. The van der Waals surface area contributed by atoms with Crippen molar-refractivity contribution in [1.82, 2.24) is 0 Å². The first-order valence-electron chi connectivity index (χ1n) is 17.1. The maximum Gasteiger partial charge on any atom is 0.296 e. The van der Waals surface area contributed by atoms with Crippen molar-refractivity contribution in [3.05, 3.63) is 104 Å². The summed E-state index contributed by atoms with van der Waals surface area (Å²) in [5.41, 5.74) is 9.37. The van der Waals surface area contributed by atoms with Crippen LogP contribution in [-0.4, -0.2) is 101 Å². The molecule has 0 spiro atoms. The second kappa shape index (κ2) is 16.7. The molecule has 4 aromatic carbocycles. The second-order valence-electron chi connectivity index (χ2n) is 13.5. The van der Waals surface area contributed by atoms with E-state index in [2.05, 4.69) is 21.1 Å². The van der Waals surface area contributed by atoms with Crippen LogP contribution in [0.4, 0.5) is 22.7 Å². The Kier molecular flexibility index (Phi) is 12.4. The largest absolute Gasteiger partial charge is 0.398 e. The molecule has 0 fully saturated rings. The summed E-state index contributed by atoms with van der Waals surface area (Å²) in [5.74, 6) is -2.58. The van der Waals surface area contributed by atoms with E-state index >= 15 is 0 Å². The van der Waals surface area contributed by atoms with E-state index in [0.717, 1.165) is 36.4 Å². The minimum atomic E-state index is -5.31. The highest BCUT2D eigenvalue weighted by Gasteiger charge is 2.37. The van der Waals surface area contributed by atoms with Crippen LogP contribution in [0.1, 0.15) is 43.0 Å². The Bertz CT molecular complexity index is 3500. The molecule has 66 heavy (non-hydrogen) atoms. The minimum Gasteiger partial charge on any atom is -0.398 e. The van der Waals surface area contributed by atoms with Crippen molar-refractivity contribution in [3.63, 3.8) is 0 Å². The summed E-state index contributed by atoms with van der Waals surface area (Å²) < 4.78 is 204. The zero-order chi connectivity index (χ0) is 49.3. The number of allylic oxidation sites excluding steroid dienone is 2. The van der Waals surface area contributed by atoms with Crippen molar-refractivity contribution in [2.45, 2.75) is 19.6 Å². The third-order valence-electron chi connectivity index (χ3n) is 9.04. The number of anilines is 4. The molecule has 0 radical (unpaired) electrons. The molecule has 32 heteroatoms. The minimum absolute atomic E-state index is 0.372. The van der Waals surface area contributed by atoms with E-state index in [0.29, 0.717) is 48.6 Å². The van der Waals surface area contributed by atoms with Gasteiger partial charge in [0.2, 0.25) is 11.6 Å². The Labute approximate surface area is 372 Å². The molecule has 0 bridgehead atoms. The molecule has 0 aromatic heterocycles. The fourth-order valence-electron chi connectivity index (χ4n) is 6.20. The Hall–Kier alpha value is -6.56. The van der Waals surface area contributed by atoms with Crippen LogP contribution in [0.5, 0.6) is 0 Å². The lowest BCUT2D eigenvalue weighted by atomic mass is 9.93. The third kappa shape index (κ3) is 10.1. The standard InChI is InChI=1S/C34H26N6O20S6/c35-23-13-21(61(43,44)45)7-17-9-27(65(55,56)57)31(33(41)29(17)23)39-37-19-5-3-15(25(11-19)63(49,50)51)1-2-16-4-6-20(12-26(16)64(52,53)54)38-40-32-28(66(58,59)60)10-18-8-22(62(46,47)48)14-24(36)30(18)34(32)42/h1-14,37-38H,35-36H2,(H,43,44,45)(H,46,47,48)(H,49,50,51)(H,52,53,54)(H,55,56,57)(H,58,59,60)/b2-1+,39-31-,40-32+. The van der Waals surface area contributed by atoms with E-state index in [1.54, 1.807) is 0 Å². The van der Waals surface area contributed by atoms with Crippen molar-refractivity contribution >= 4 is 131 Å². The SMILES string of the molecule is Nc1cc(S(=O)(=O)O)cc2c1C(=O)/C(=N/Nc1ccc(/C=C/c3ccc(N/N=C4\C(=O)c5c(N)cc(S(=O)(=O)O)cc5C=C4S(=O)(=O)O)cc3S(=O)(=O)O)c(S(=O)(=O)O)c1)C(S(=O)(=O)O)=C2. The Morgan fingerprint density at radius 2 is 0.788 bits per heavy atom. The van der Waals surface area contributed by atoms with E-state index in [-0.39, 0.29) is 22.5 Å². The van der Waals surface area contributed by atoms with Gasteiger partial charge in [0.15, 0.2) is 11.4 Å². The van der Waals surface area contributed by atoms with E-state index in [4.69, 9.17) is 11.5 Å². The highest BCUT2D eigenvalue weighted by molar-refractivity contribution is 7.91. The molecule has 12 N–H and O–H groups in total. The number of nitrogens with two attached hydrogens (primary N) is 2. The average molecular weight is 1030 g/mol. The summed E-state index contributed by atoms with van der Waals surface area (Å²) in [6.45, 7) is 0. The number of carbonyl (C=O) groups is 2. The quantitative estimate of drug-likeness (QED) is 0.0418. The summed E-state index contributed by atoms with van der Waals surface area (Å²) in [5, 5.41) is 7.32. The average Bonchev–Trinajstić information content (AvgIpc) is 3.16. The number of nitrogen functional groups attached to an aromatic ring is 2. The van der Waals surface area contributed by atoms with E-state index in [1.165, 1.54) is 0 Å².